The molecular formula is C23H28N2O3S2. The number of thiophene rings is 1. The second-order valence-corrected chi connectivity index (χ2v) is 10.0. The molecule has 1 heterocycles. The zero-order valence-corrected chi connectivity index (χ0v) is 19.5. The zero-order valence-electron chi connectivity index (χ0n) is 17.8. The molecule has 2 aromatic rings. The fourth-order valence-electron chi connectivity index (χ4n) is 3.73. The Morgan fingerprint density at radius 1 is 1.23 bits per heavy atom. The number of nitrogens with one attached hydrogen (secondary N) is 2. The number of carbonyl (C=O) groups excluding carboxylic acids is 2. The Hall–Kier alpha value is -2.25. The molecule has 1 aliphatic rings. The summed E-state index contributed by atoms with van der Waals surface area (Å²) in [7, 11) is 0. The monoisotopic (exact) mass is 444 g/mol. The molecule has 1 amide bonds. The fourth-order valence-corrected chi connectivity index (χ4v) is 5.31. The molecule has 7 heteroatoms. The fraction of sp³-hybridized carbons (Fsp3) is 0.435. The number of anilines is 1. The van der Waals surface area contributed by atoms with Gasteiger partial charge in [-0.2, -0.15) is 0 Å². The Bertz CT molecular complexity index is 945. The minimum atomic E-state index is -0.344. The normalized spacial score (nSPS) is 15.8. The lowest BCUT2D eigenvalue weighted by atomic mass is 9.72. The maximum Gasteiger partial charge on any atom is 0.341 e. The zero-order chi connectivity index (χ0) is 21.9. The van der Waals surface area contributed by atoms with Gasteiger partial charge in [0, 0.05) is 10.4 Å². The van der Waals surface area contributed by atoms with Crippen molar-refractivity contribution in [2.24, 2.45) is 11.3 Å². The first kappa shape index (κ1) is 22.4. The molecular weight excluding hydrogens is 416 g/mol. The van der Waals surface area contributed by atoms with Crippen LogP contribution in [0.3, 0.4) is 0 Å². The Balaban J connectivity index is 1.83. The Morgan fingerprint density at radius 2 is 1.93 bits per heavy atom. The lowest BCUT2D eigenvalue weighted by Gasteiger charge is -2.33. The predicted octanol–water partition coefficient (Wildman–Crippen LogP) is 5.20. The Kier molecular flexibility index (Phi) is 6.93. The van der Waals surface area contributed by atoms with Crippen LogP contribution in [-0.2, 0) is 17.6 Å². The molecule has 0 spiro atoms. The average molecular weight is 445 g/mol. The first-order valence-corrected chi connectivity index (χ1v) is 11.4. The number of esters is 1. The van der Waals surface area contributed by atoms with Gasteiger partial charge in [-0.15, -0.1) is 11.3 Å². The largest absolute Gasteiger partial charge is 0.462 e. The van der Waals surface area contributed by atoms with Gasteiger partial charge in [0.15, 0.2) is 5.11 Å². The van der Waals surface area contributed by atoms with Crippen molar-refractivity contribution in [1.29, 1.82) is 0 Å². The van der Waals surface area contributed by atoms with Gasteiger partial charge in [-0.25, -0.2) is 4.79 Å². The van der Waals surface area contributed by atoms with Crippen molar-refractivity contribution in [2.75, 3.05) is 11.9 Å². The van der Waals surface area contributed by atoms with Crippen LogP contribution < -0.4 is 10.6 Å². The molecule has 1 aromatic heterocycles. The van der Waals surface area contributed by atoms with Crippen molar-refractivity contribution in [3.05, 3.63) is 51.9 Å². The minimum absolute atomic E-state index is 0.167. The third-order valence-electron chi connectivity index (χ3n) is 5.46. The summed E-state index contributed by atoms with van der Waals surface area (Å²) < 4.78 is 5.32. The molecule has 1 atom stereocenters. The van der Waals surface area contributed by atoms with E-state index in [2.05, 4.69) is 31.4 Å². The Morgan fingerprint density at radius 3 is 2.57 bits per heavy atom. The van der Waals surface area contributed by atoms with E-state index in [0.717, 1.165) is 24.8 Å². The summed E-state index contributed by atoms with van der Waals surface area (Å²) in [5.41, 5.74) is 2.34. The third-order valence-corrected chi connectivity index (χ3v) is 6.83. The summed E-state index contributed by atoms with van der Waals surface area (Å²) >= 11 is 6.89. The number of rotatable bonds is 4. The molecule has 0 aliphatic heterocycles. The summed E-state index contributed by atoms with van der Waals surface area (Å²) in [4.78, 5) is 26.3. The molecule has 0 bridgehead atoms. The van der Waals surface area contributed by atoms with Crippen molar-refractivity contribution >= 4 is 45.5 Å². The van der Waals surface area contributed by atoms with Crippen LogP contribution >= 0.6 is 23.6 Å². The van der Waals surface area contributed by atoms with E-state index >= 15 is 0 Å². The van der Waals surface area contributed by atoms with Gasteiger partial charge in [-0.05, 0) is 67.4 Å². The van der Waals surface area contributed by atoms with Crippen LogP contribution in [0.1, 0.15) is 65.3 Å². The van der Waals surface area contributed by atoms with Crippen molar-refractivity contribution in [3.8, 4) is 0 Å². The highest BCUT2D eigenvalue weighted by atomic mass is 32.1. The highest BCUT2D eigenvalue weighted by Crippen LogP contribution is 2.44. The van der Waals surface area contributed by atoms with Gasteiger partial charge in [0.1, 0.15) is 5.00 Å². The molecule has 5 nitrogen and oxygen atoms in total. The number of carbonyl (C=O) groups is 2. The molecule has 2 N–H and O–H groups in total. The molecule has 0 saturated carbocycles. The van der Waals surface area contributed by atoms with Crippen LogP contribution in [0.25, 0.3) is 0 Å². The maximum absolute atomic E-state index is 12.7. The van der Waals surface area contributed by atoms with Crippen LogP contribution in [0.5, 0.6) is 0 Å². The molecule has 0 fully saturated rings. The predicted molar refractivity (Wildman–Crippen MR) is 125 cm³/mol. The lowest BCUT2D eigenvalue weighted by molar-refractivity contribution is 0.0526. The molecule has 3 rings (SSSR count). The number of thiocarbonyl (C=S) groups is 1. The first-order valence-electron chi connectivity index (χ1n) is 10.2. The first-order chi connectivity index (χ1) is 14.2. The van der Waals surface area contributed by atoms with Crippen molar-refractivity contribution < 1.29 is 14.3 Å². The molecule has 1 aromatic carbocycles. The molecule has 160 valence electrons. The SMILES string of the molecule is CCOC(=O)c1c(NC(=S)NC(=O)c2ccccc2)sc2c1CC[C@H](C(C)(C)C)C2. The number of amides is 1. The van der Waals surface area contributed by atoms with E-state index in [1.807, 2.05) is 6.07 Å². The topological polar surface area (TPSA) is 67.4 Å². The average Bonchev–Trinajstić information content (AvgIpc) is 3.04. The van der Waals surface area contributed by atoms with Crippen LogP contribution in [0, 0.1) is 11.3 Å². The molecule has 0 unspecified atom stereocenters. The van der Waals surface area contributed by atoms with E-state index in [0.29, 0.717) is 28.7 Å². The molecule has 0 saturated heterocycles. The number of ether oxygens (including phenoxy) is 1. The van der Waals surface area contributed by atoms with Crippen molar-refractivity contribution in [3.63, 3.8) is 0 Å². The second-order valence-electron chi connectivity index (χ2n) is 8.51. The van der Waals surface area contributed by atoms with Crippen LogP contribution in [0.15, 0.2) is 30.3 Å². The van der Waals surface area contributed by atoms with Crippen molar-refractivity contribution in [1.82, 2.24) is 5.32 Å². The summed E-state index contributed by atoms with van der Waals surface area (Å²) in [5, 5.41) is 6.58. The summed E-state index contributed by atoms with van der Waals surface area (Å²) in [6.07, 6.45) is 2.81. The molecule has 30 heavy (non-hydrogen) atoms. The van der Waals surface area contributed by atoms with Gasteiger partial charge in [0.2, 0.25) is 0 Å². The second kappa shape index (κ2) is 9.27. The lowest BCUT2D eigenvalue weighted by Crippen LogP contribution is -2.34. The van der Waals surface area contributed by atoms with E-state index < -0.39 is 0 Å². The van der Waals surface area contributed by atoms with Gasteiger partial charge in [-0.3, -0.25) is 10.1 Å². The third kappa shape index (κ3) is 5.08. The van der Waals surface area contributed by atoms with Gasteiger partial charge >= 0.3 is 5.97 Å². The van der Waals surface area contributed by atoms with Gasteiger partial charge in [-0.1, -0.05) is 39.0 Å². The highest BCUT2D eigenvalue weighted by molar-refractivity contribution is 7.80. The maximum atomic E-state index is 12.7. The number of benzene rings is 1. The number of fused-ring (bicyclic) bond motifs is 1. The van der Waals surface area contributed by atoms with E-state index in [1.54, 1.807) is 31.2 Å². The van der Waals surface area contributed by atoms with Gasteiger partial charge < -0.3 is 10.1 Å². The molecule has 0 radical (unpaired) electrons. The summed E-state index contributed by atoms with van der Waals surface area (Å²) in [5.74, 6) is -0.0833. The summed E-state index contributed by atoms with van der Waals surface area (Å²) in [6.45, 7) is 8.88. The van der Waals surface area contributed by atoms with Crippen LogP contribution in [0.2, 0.25) is 0 Å². The van der Waals surface area contributed by atoms with E-state index in [4.69, 9.17) is 17.0 Å². The quantitative estimate of drug-likeness (QED) is 0.501. The van der Waals surface area contributed by atoms with Gasteiger partial charge in [0.05, 0.1) is 12.2 Å². The van der Waals surface area contributed by atoms with E-state index in [-0.39, 0.29) is 22.4 Å². The Labute approximate surface area is 187 Å². The van der Waals surface area contributed by atoms with E-state index in [9.17, 15) is 9.59 Å². The van der Waals surface area contributed by atoms with Gasteiger partial charge in [0.25, 0.3) is 5.91 Å². The molecule has 1 aliphatic carbocycles. The van der Waals surface area contributed by atoms with Crippen molar-refractivity contribution in [2.45, 2.75) is 47.0 Å². The number of hydrogen-bond donors (Lipinski definition) is 2. The number of hydrogen-bond acceptors (Lipinski definition) is 5. The minimum Gasteiger partial charge on any atom is -0.462 e. The highest BCUT2D eigenvalue weighted by Gasteiger charge is 2.34. The van der Waals surface area contributed by atoms with Crippen LogP contribution in [-0.4, -0.2) is 23.6 Å². The summed E-state index contributed by atoms with van der Waals surface area (Å²) in [6, 6.07) is 8.88. The smallest absolute Gasteiger partial charge is 0.341 e. The van der Waals surface area contributed by atoms with E-state index in [1.165, 1.54) is 16.2 Å². The standard InChI is InChI=1S/C23H28N2O3S2/c1-5-28-21(27)18-16-12-11-15(23(2,3)4)13-17(16)30-20(18)25-22(29)24-19(26)14-9-7-6-8-10-14/h6-10,15H,5,11-13H2,1-4H3,(H2,24,25,26,29)/t15-/m0/s1. The van der Waals surface area contributed by atoms with Crippen LogP contribution in [0.4, 0.5) is 5.00 Å².